The Kier molecular flexibility index (Phi) is 3.69. The Morgan fingerprint density at radius 2 is 2.00 bits per heavy atom. The predicted molar refractivity (Wildman–Crippen MR) is 56.0 cm³/mol. The third kappa shape index (κ3) is 1.98. The molecule has 0 saturated heterocycles. The number of carbonyl (C=O) groups excluding carboxylic acids is 1. The fourth-order valence-electron chi connectivity index (χ4n) is 1.66. The average molecular weight is 197 g/mol. The lowest BCUT2D eigenvalue weighted by Gasteiger charge is -2.35. The van der Waals surface area contributed by atoms with Crippen LogP contribution in [0.4, 0.5) is 0 Å². The highest BCUT2D eigenvalue weighted by Crippen LogP contribution is 2.23. The van der Waals surface area contributed by atoms with Gasteiger partial charge in [-0.3, -0.25) is 9.69 Å². The Morgan fingerprint density at radius 1 is 1.43 bits per heavy atom. The molecule has 0 aromatic rings. The van der Waals surface area contributed by atoms with Gasteiger partial charge in [-0.05, 0) is 20.3 Å². The number of hydrogen-bond acceptors (Lipinski definition) is 3. The summed E-state index contributed by atoms with van der Waals surface area (Å²) < 4.78 is 5.10. The van der Waals surface area contributed by atoms with E-state index in [1.54, 1.807) is 0 Å². The lowest BCUT2D eigenvalue weighted by atomic mass is 9.97. The van der Waals surface area contributed by atoms with Crippen molar-refractivity contribution >= 4 is 5.97 Å². The zero-order chi connectivity index (χ0) is 10.6. The van der Waals surface area contributed by atoms with Crippen molar-refractivity contribution in [2.45, 2.75) is 32.7 Å². The van der Waals surface area contributed by atoms with Crippen LogP contribution in [0.15, 0.2) is 12.2 Å². The van der Waals surface area contributed by atoms with E-state index in [9.17, 15) is 4.79 Å². The van der Waals surface area contributed by atoms with Crippen LogP contribution in [0, 0.1) is 0 Å². The summed E-state index contributed by atoms with van der Waals surface area (Å²) in [6.45, 7) is 7.98. The van der Waals surface area contributed by atoms with Crippen LogP contribution in [-0.2, 0) is 9.53 Å². The molecule has 0 N–H and O–H groups in total. The monoisotopic (exact) mass is 197 g/mol. The number of ether oxygens (including phenoxy) is 1. The molecule has 3 heteroatoms. The zero-order valence-corrected chi connectivity index (χ0v) is 9.25. The van der Waals surface area contributed by atoms with Gasteiger partial charge in [0, 0.05) is 13.1 Å². The van der Waals surface area contributed by atoms with E-state index >= 15 is 0 Å². The molecule has 3 nitrogen and oxygen atoms in total. The van der Waals surface area contributed by atoms with Crippen LogP contribution in [0.25, 0.3) is 0 Å². The normalized spacial score (nSPS) is 20.8. The molecule has 0 radical (unpaired) electrons. The predicted octanol–water partition coefficient (Wildman–Crippen LogP) is 1.59. The first-order valence-corrected chi connectivity index (χ1v) is 5.22. The maximum atomic E-state index is 11.8. The summed E-state index contributed by atoms with van der Waals surface area (Å²) >= 11 is 0. The summed E-state index contributed by atoms with van der Waals surface area (Å²) in [7, 11) is 0. The first-order chi connectivity index (χ1) is 6.65. The van der Waals surface area contributed by atoms with Gasteiger partial charge in [-0.2, -0.15) is 0 Å². The minimum absolute atomic E-state index is 0.105. The lowest BCUT2D eigenvalue weighted by Crippen LogP contribution is -2.51. The molecule has 0 saturated carbocycles. The van der Waals surface area contributed by atoms with Crippen LogP contribution in [0.5, 0.6) is 0 Å². The minimum Gasteiger partial charge on any atom is -0.465 e. The van der Waals surface area contributed by atoms with Crippen LogP contribution in [0.3, 0.4) is 0 Å². The van der Waals surface area contributed by atoms with E-state index in [1.807, 2.05) is 20.8 Å². The van der Waals surface area contributed by atoms with E-state index in [1.165, 1.54) is 0 Å². The summed E-state index contributed by atoms with van der Waals surface area (Å²) in [6.07, 6.45) is 4.97. The van der Waals surface area contributed by atoms with Gasteiger partial charge in [-0.25, -0.2) is 0 Å². The molecule has 0 aromatic heterocycles. The third-order valence-corrected chi connectivity index (χ3v) is 2.92. The molecule has 0 amide bonds. The van der Waals surface area contributed by atoms with Gasteiger partial charge >= 0.3 is 5.97 Å². The third-order valence-electron chi connectivity index (χ3n) is 2.92. The van der Waals surface area contributed by atoms with Gasteiger partial charge in [0.1, 0.15) is 5.54 Å². The van der Waals surface area contributed by atoms with Crippen LogP contribution in [-0.4, -0.2) is 36.1 Å². The highest BCUT2D eigenvalue weighted by Gasteiger charge is 2.39. The molecule has 0 fully saturated rings. The molecule has 1 heterocycles. The van der Waals surface area contributed by atoms with Crippen molar-refractivity contribution in [2.75, 3.05) is 19.7 Å². The quantitative estimate of drug-likeness (QED) is 0.506. The molecule has 1 aliphatic rings. The van der Waals surface area contributed by atoms with E-state index < -0.39 is 5.54 Å². The number of carbonyl (C=O) groups is 1. The van der Waals surface area contributed by atoms with E-state index in [4.69, 9.17) is 4.74 Å². The van der Waals surface area contributed by atoms with Crippen molar-refractivity contribution in [2.24, 2.45) is 0 Å². The SMILES string of the molecule is CCOC(=O)[C@](C)(CC)N1CC=CC1. The lowest BCUT2D eigenvalue weighted by molar-refractivity contribution is -0.156. The molecule has 0 aliphatic carbocycles. The average Bonchev–Trinajstić information content (AvgIpc) is 2.70. The number of esters is 1. The fraction of sp³-hybridized carbons (Fsp3) is 0.727. The molecule has 14 heavy (non-hydrogen) atoms. The van der Waals surface area contributed by atoms with E-state index in [0.29, 0.717) is 6.61 Å². The molecule has 0 bridgehead atoms. The Bertz CT molecular complexity index is 229. The number of rotatable bonds is 4. The highest BCUT2D eigenvalue weighted by atomic mass is 16.5. The van der Waals surface area contributed by atoms with E-state index in [0.717, 1.165) is 19.5 Å². The Morgan fingerprint density at radius 3 is 2.43 bits per heavy atom. The van der Waals surface area contributed by atoms with Crippen molar-refractivity contribution in [1.82, 2.24) is 4.90 Å². The van der Waals surface area contributed by atoms with Crippen LogP contribution < -0.4 is 0 Å². The summed E-state index contributed by atoms with van der Waals surface area (Å²) in [5.41, 5.74) is -0.459. The second-order valence-electron chi connectivity index (χ2n) is 3.72. The maximum absolute atomic E-state index is 11.8. The van der Waals surface area contributed by atoms with Crippen molar-refractivity contribution < 1.29 is 9.53 Å². The largest absolute Gasteiger partial charge is 0.465 e. The number of hydrogen-bond donors (Lipinski definition) is 0. The van der Waals surface area contributed by atoms with Gasteiger partial charge in [0.2, 0.25) is 0 Å². The second-order valence-corrected chi connectivity index (χ2v) is 3.72. The molecule has 0 unspecified atom stereocenters. The van der Waals surface area contributed by atoms with Crippen LogP contribution in [0.2, 0.25) is 0 Å². The maximum Gasteiger partial charge on any atom is 0.326 e. The molecule has 0 spiro atoms. The molecule has 1 atom stereocenters. The molecular formula is C11H19NO2. The van der Waals surface area contributed by atoms with Crippen LogP contribution >= 0.6 is 0 Å². The first kappa shape index (κ1) is 11.2. The Hall–Kier alpha value is -0.830. The summed E-state index contributed by atoms with van der Waals surface area (Å²) in [4.78, 5) is 13.9. The van der Waals surface area contributed by atoms with Crippen molar-refractivity contribution in [3.63, 3.8) is 0 Å². The molecule has 0 aromatic carbocycles. The molecular weight excluding hydrogens is 178 g/mol. The Balaban J connectivity index is 2.69. The summed E-state index contributed by atoms with van der Waals surface area (Å²) in [5.74, 6) is -0.105. The van der Waals surface area contributed by atoms with Crippen LogP contribution in [0.1, 0.15) is 27.2 Å². The zero-order valence-electron chi connectivity index (χ0n) is 9.25. The molecule has 1 aliphatic heterocycles. The first-order valence-electron chi connectivity index (χ1n) is 5.22. The van der Waals surface area contributed by atoms with Gasteiger partial charge < -0.3 is 4.74 Å². The smallest absolute Gasteiger partial charge is 0.326 e. The minimum atomic E-state index is -0.459. The summed E-state index contributed by atoms with van der Waals surface area (Å²) in [5, 5.41) is 0. The fourth-order valence-corrected chi connectivity index (χ4v) is 1.66. The molecule has 1 rings (SSSR count). The van der Waals surface area contributed by atoms with Gasteiger partial charge in [-0.1, -0.05) is 19.1 Å². The van der Waals surface area contributed by atoms with Crippen molar-refractivity contribution in [3.8, 4) is 0 Å². The Labute approximate surface area is 85.7 Å². The topological polar surface area (TPSA) is 29.5 Å². The van der Waals surface area contributed by atoms with Gasteiger partial charge in [0.15, 0.2) is 0 Å². The highest BCUT2D eigenvalue weighted by molar-refractivity contribution is 5.80. The molecule has 80 valence electrons. The van der Waals surface area contributed by atoms with Gasteiger partial charge in [0.05, 0.1) is 6.61 Å². The van der Waals surface area contributed by atoms with Crippen molar-refractivity contribution in [1.29, 1.82) is 0 Å². The van der Waals surface area contributed by atoms with Crippen molar-refractivity contribution in [3.05, 3.63) is 12.2 Å². The van der Waals surface area contributed by atoms with Gasteiger partial charge in [0.25, 0.3) is 0 Å². The summed E-state index contributed by atoms with van der Waals surface area (Å²) in [6, 6.07) is 0. The van der Waals surface area contributed by atoms with E-state index in [-0.39, 0.29) is 5.97 Å². The standard InChI is InChI=1S/C11H19NO2/c1-4-11(3,10(13)14-5-2)12-8-6-7-9-12/h6-7H,4-5,8-9H2,1-3H3/t11-/m0/s1. The van der Waals surface area contributed by atoms with E-state index in [2.05, 4.69) is 17.1 Å². The van der Waals surface area contributed by atoms with Gasteiger partial charge in [-0.15, -0.1) is 0 Å². The number of nitrogens with zero attached hydrogens (tertiary/aromatic N) is 1. The second kappa shape index (κ2) is 4.60.